The van der Waals surface area contributed by atoms with Crippen LogP contribution in [0.15, 0.2) is 24.3 Å². The highest BCUT2D eigenvalue weighted by Gasteiger charge is 2.23. The number of fused-ring (bicyclic) bond motifs is 22. The lowest BCUT2D eigenvalue weighted by Gasteiger charge is -2.18. The first-order chi connectivity index (χ1) is 22.7. The highest BCUT2D eigenvalue weighted by Crippen LogP contribution is 2.37. The van der Waals surface area contributed by atoms with Gasteiger partial charge in [0.2, 0.25) is 5.91 Å². The van der Waals surface area contributed by atoms with Crippen molar-refractivity contribution < 1.29 is 57.2 Å². The van der Waals surface area contributed by atoms with E-state index < -0.39 is 16.9 Å². The molecule has 0 aromatic heterocycles. The van der Waals surface area contributed by atoms with Crippen molar-refractivity contribution in [1.29, 1.82) is 0 Å². The van der Waals surface area contributed by atoms with E-state index in [1.807, 2.05) is 0 Å². The fourth-order valence-electron chi connectivity index (χ4n) is 3.88. The molecule has 1 atom stereocenters. The lowest BCUT2D eigenvalue weighted by molar-refractivity contribution is -0.385. The number of thioether (sulfide) groups is 1. The van der Waals surface area contributed by atoms with Crippen LogP contribution in [0, 0.1) is 10.1 Å². The van der Waals surface area contributed by atoms with Gasteiger partial charge in [-0.2, -0.15) is 11.8 Å². The molecule has 2 bridgehead atoms. The molecule has 0 saturated heterocycles. The van der Waals surface area contributed by atoms with Crippen LogP contribution in [0.2, 0.25) is 0 Å². The van der Waals surface area contributed by atoms with Crippen LogP contribution in [0.4, 0.5) is 5.69 Å². The second-order valence-corrected chi connectivity index (χ2v) is 11.1. The van der Waals surface area contributed by atoms with Crippen LogP contribution < -0.4 is 14.8 Å². The normalized spacial score (nSPS) is 18.1. The maximum absolute atomic E-state index is 12.6. The molecule has 2 aliphatic rings. The van der Waals surface area contributed by atoms with E-state index in [2.05, 4.69) is 11.9 Å². The maximum Gasteiger partial charge on any atom is 0.333 e. The van der Waals surface area contributed by atoms with Crippen LogP contribution in [0.3, 0.4) is 0 Å². The summed E-state index contributed by atoms with van der Waals surface area (Å²) in [5, 5.41) is 14.8. The molecule has 0 saturated carbocycles. The number of carbonyl (C=O) groups is 3. The van der Waals surface area contributed by atoms with Gasteiger partial charge in [-0.1, -0.05) is 13.5 Å². The molecule has 0 aliphatic carbocycles. The van der Waals surface area contributed by atoms with Gasteiger partial charge in [-0.15, -0.1) is 0 Å². The van der Waals surface area contributed by atoms with Crippen molar-refractivity contribution in [2.45, 2.75) is 38.5 Å². The molecule has 264 valence electrons. The Kier molecular flexibility index (Phi) is 20.3. The molecule has 2 aliphatic heterocycles. The topological polar surface area (TPSA) is 180 Å². The van der Waals surface area contributed by atoms with E-state index in [1.54, 1.807) is 13.8 Å². The van der Waals surface area contributed by atoms with Gasteiger partial charge in [-0.3, -0.25) is 19.7 Å². The molecule has 47 heavy (non-hydrogen) atoms. The van der Waals surface area contributed by atoms with Crippen LogP contribution in [0.1, 0.15) is 32.3 Å². The van der Waals surface area contributed by atoms with Crippen molar-refractivity contribution in [1.82, 2.24) is 5.32 Å². The predicted octanol–water partition coefficient (Wildman–Crippen LogP) is 2.66. The molecular formula is C31H46N2O13S. The van der Waals surface area contributed by atoms with Gasteiger partial charge in [0.05, 0.1) is 83.1 Å². The van der Waals surface area contributed by atoms with Gasteiger partial charge in [0.15, 0.2) is 17.3 Å². The Labute approximate surface area is 279 Å². The Morgan fingerprint density at radius 1 is 0.979 bits per heavy atom. The summed E-state index contributed by atoms with van der Waals surface area (Å²) in [4.78, 5) is 48.1. The number of hydrogen-bond donors (Lipinski definition) is 1. The highest BCUT2D eigenvalue weighted by molar-refractivity contribution is 7.98. The summed E-state index contributed by atoms with van der Waals surface area (Å²) in [5.41, 5.74) is 0.450. The van der Waals surface area contributed by atoms with Crippen LogP contribution in [0.25, 0.3) is 0 Å². The van der Waals surface area contributed by atoms with Crippen molar-refractivity contribution in [2.75, 3.05) is 91.6 Å². The number of amides is 1. The number of esters is 1. The minimum Gasteiger partial charge on any atom is -0.487 e. The van der Waals surface area contributed by atoms with Crippen molar-refractivity contribution >= 4 is 35.1 Å². The lowest BCUT2D eigenvalue weighted by Crippen LogP contribution is -2.42. The molecule has 16 heteroatoms. The van der Waals surface area contributed by atoms with Gasteiger partial charge in [0.25, 0.3) is 5.69 Å². The Hall–Kier alpha value is -3.28. The third-order valence-corrected chi connectivity index (χ3v) is 7.41. The van der Waals surface area contributed by atoms with Gasteiger partial charge < -0.3 is 43.2 Å². The number of rotatable bonds is 11. The molecule has 2 heterocycles. The molecular weight excluding hydrogens is 640 g/mol. The van der Waals surface area contributed by atoms with Crippen molar-refractivity contribution in [3.63, 3.8) is 0 Å². The average Bonchev–Trinajstić information content (AvgIpc) is 3.04. The predicted molar refractivity (Wildman–Crippen MR) is 172 cm³/mol. The van der Waals surface area contributed by atoms with Crippen molar-refractivity contribution in [2.24, 2.45) is 0 Å². The maximum atomic E-state index is 12.6. The summed E-state index contributed by atoms with van der Waals surface area (Å²) in [6.45, 7) is 9.70. The number of ether oxygens (including phenoxy) is 8. The number of nitro groups is 1. The van der Waals surface area contributed by atoms with Gasteiger partial charge in [0.1, 0.15) is 19.8 Å². The number of Topliss-reactive ketones (excluding diaryl/α,β-unsaturated/α-hetero) is 1. The standard InChI is InChI=1S/C31H46N2O13S/c1-4-27(34)25-22-47-21-24-19-28(44-16-14-43-15-18-46-31(36)23(2)3)29(20-26(24)33(37)38)45-17-13-42-12-11-41-10-9-40-8-7-39-6-5-30(35)32-25/h19-20,25H,2,4-18,21-22H2,1,3H3,(H,32,35). The van der Waals surface area contributed by atoms with Crippen LogP contribution >= 0.6 is 11.8 Å². The zero-order chi connectivity index (χ0) is 34.3. The van der Waals surface area contributed by atoms with E-state index in [0.29, 0.717) is 45.2 Å². The van der Waals surface area contributed by atoms with E-state index in [-0.39, 0.29) is 105 Å². The molecule has 15 nitrogen and oxygen atoms in total. The SMILES string of the molecule is C=C(C)C(=O)OCCOCCOc1cc2c([N+](=O)[O-])cc1OCCOCCOCCOCCOCCC(=O)NC(C(=O)CC)CSC2. The molecule has 0 fully saturated rings. The number of ketones is 1. The monoisotopic (exact) mass is 686 g/mol. The van der Waals surface area contributed by atoms with E-state index in [1.165, 1.54) is 23.9 Å². The zero-order valence-corrected chi connectivity index (χ0v) is 27.9. The van der Waals surface area contributed by atoms with Crippen LogP contribution in [-0.2, 0) is 48.6 Å². The Balaban J connectivity index is 2.14. The molecule has 1 aromatic carbocycles. The summed E-state index contributed by atoms with van der Waals surface area (Å²) in [5.74, 6) is -0.220. The van der Waals surface area contributed by atoms with E-state index in [0.717, 1.165) is 0 Å². The Morgan fingerprint density at radius 3 is 2.21 bits per heavy atom. The molecule has 0 radical (unpaired) electrons. The number of nitrogens with zero attached hydrogens (tertiary/aromatic N) is 1. The van der Waals surface area contributed by atoms with E-state index in [9.17, 15) is 24.5 Å². The summed E-state index contributed by atoms with van der Waals surface area (Å²) in [6, 6.07) is 2.06. The fraction of sp³-hybridized carbons (Fsp3) is 0.645. The first-order valence-corrected chi connectivity index (χ1v) is 16.6. The summed E-state index contributed by atoms with van der Waals surface area (Å²) >= 11 is 1.27. The molecule has 0 spiro atoms. The smallest absolute Gasteiger partial charge is 0.333 e. The molecule has 1 amide bonds. The zero-order valence-electron chi connectivity index (χ0n) is 27.1. The summed E-state index contributed by atoms with van der Waals surface area (Å²) in [6.07, 6.45) is 0.285. The minimum absolute atomic E-state index is 0.0491. The number of carbonyl (C=O) groups excluding carboxylic acids is 3. The lowest BCUT2D eigenvalue weighted by atomic mass is 10.1. The molecule has 1 unspecified atom stereocenters. The third-order valence-electron chi connectivity index (χ3n) is 6.33. The van der Waals surface area contributed by atoms with Crippen molar-refractivity contribution in [3.8, 4) is 11.5 Å². The van der Waals surface area contributed by atoms with E-state index in [4.69, 9.17) is 37.9 Å². The highest BCUT2D eigenvalue weighted by atomic mass is 32.2. The number of nitro benzene ring substituents is 1. The van der Waals surface area contributed by atoms with Crippen LogP contribution in [-0.4, -0.2) is 120 Å². The third kappa shape index (κ3) is 16.9. The molecule has 1 N–H and O–H groups in total. The second kappa shape index (κ2) is 23.9. The largest absolute Gasteiger partial charge is 0.487 e. The fourth-order valence-corrected chi connectivity index (χ4v) is 4.96. The first-order valence-electron chi connectivity index (χ1n) is 15.4. The summed E-state index contributed by atoms with van der Waals surface area (Å²) in [7, 11) is 0. The van der Waals surface area contributed by atoms with Crippen LogP contribution in [0.5, 0.6) is 11.5 Å². The van der Waals surface area contributed by atoms with Gasteiger partial charge in [0, 0.05) is 35.5 Å². The first kappa shape index (κ1) is 39.9. The van der Waals surface area contributed by atoms with Gasteiger partial charge in [-0.05, 0) is 13.0 Å². The molecule has 1 aromatic rings. The average molecular weight is 687 g/mol. The number of hydrogen-bond acceptors (Lipinski definition) is 14. The van der Waals surface area contributed by atoms with Crippen molar-refractivity contribution in [3.05, 3.63) is 40.0 Å². The molecule has 3 rings (SSSR count). The Morgan fingerprint density at radius 2 is 1.60 bits per heavy atom. The minimum atomic E-state index is -0.764. The Bertz CT molecular complexity index is 1150. The quantitative estimate of drug-likeness (QED) is 0.0896. The number of nitrogens with one attached hydrogen (secondary N) is 1. The number of benzene rings is 1. The van der Waals surface area contributed by atoms with E-state index >= 15 is 0 Å². The second-order valence-electron chi connectivity index (χ2n) is 10.1. The summed E-state index contributed by atoms with van der Waals surface area (Å²) < 4.78 is 44.1. The van der Waals surface area contributed by atoms with Gasteiger partial charge in [-0.25, -0.2) is 4.79 Å². The van der Waals surface area contributed by atoms with Gasteiger partial charge >= 0.3 is 5.97 Å².